The molecule has 6 nitrogen and oxygen atoms in total. The lowest BCUT2D eigenvalue weighted by Gasteiger charge is -2.13. The van der Waals surface area contributed by atoms with Crippen LogP contribution in [0.4, 0.5) is 5.69 Å². The van der Waals surface area contributed by atoms with Gasteiger partial charge in [0.15, 0.2) is 0 Å². The second-order valence-corrected chi connectivity index (χ2v) is 6.95. The highest BCUT2D eigenvalue weighted by atomic mass is 16.1. The zero-order chi connectivity index (χ0) is 20.1. The van der Waals surface area contributed by atoms with E-state index in [1.807, 2.05) is 32.9 Å². The van der Waals surface area contributed by atoms with Gasteiger partial charge in [-0.3, -0.25) is 14.6 Å². The van der Waals surface area contributed by atoms with Crippen molar-refractivity contribution < 1.29 is 4.79 Å². The summed E-state index contributed by atoms with van der Waals surface area (Å²) in [6, 6.07) is 11.0. The number of hydrogen-bond acceptors (Lipinski definition) is 4. The molecule has 1 aromatic carbocycles. The van der Waals surface area contributed by atoms with Crippen molar-refractivity contribution in [3.8, 4) is 11.3 Å². The normalized spacial score (nSPS) is 10.7. The lowest BCUT2D eigenvalue weighted by atomic mass is 10.0. The van der Waals surface area contributed by atoms with Crippen LogP contribution >= 0.6 is 0 Å². The van der Waals surface area contributed by atoms with Crippen molar-refractivity contribution in [3.05, 3.63) is 75.8 Å². The van der Waals surface area contributed by atoms with Crippen molar-refractivity contribution in [2.75, 3.05) is 5.32 Å². The fourth-order valence-corrected chi connectivity index (χ4v) is 3.25. The molecule has 0 aliphatic rings. The molecule has 2 heterocycles. The molecular formula is C22H24N4O2. The predicted molar refractivity (Wildman–Crippen MR) is 110 cm³/mol. The average Bonchev–Trinajstić information content (AvgIpc) is 2.67. The fraction of sp³-hybridized carbons (Fsp3) is 0.273. The van der Waals surface area contributed by atoms with Crippen LogP contribution in [0.5, 0.6) is 0 Å². The number of aryl methyl sites for hydroxylation is 4. The maximum atomic E-state index is 12.3. The van der Waals surface area contributed by atoms with Gasteiger partial charge in [0.05, 0.1) is 5.69 Å². The minimum atomic E-state index is -0.182. The molecule has 0 unspecified atom stereocenters. The summed E-state index contributed by atoms with van der Waals surface area (Å²) >= 11 is 0. The quantitative estimate of drug-likeness (QED) is 0.712. The van der Waals surface area contributed by atoms with Gasteiger partial charge in [-0.1, -0.05) is 17.7 Å². The molecule has 0 bridgehead atoms. The van der Waals surface area contributed by atoms with Gasteiger partial charge in [0.25, 0.3) is 5.56 Å². The first-order valence-corrected chi connectivity index (χ1v) is 9.30. The number of amides is 1. The number of benzene rings is 1. The Morgan fingerprint density at radius 3 is 2.54 bits per heavy atom. The third-order valence-corrected chi connectivity index (χ3v) is 4.54. The Morgan fingerprint density at radius 1 is 1.11 bits per heavy atom. The monoisotopic (exact) mass is 376 g/mol. The summed E-state index contributed by atoms with van der Waals surface area (Å²) in [6.45, 7) is 6.40. The van der Waals surface area contributed by atoms with Crippen LogP contribution < -0.4 is 10.9 Å². The number of hydrogen-bond donors (Lipinski definition) is 1. The number of nitrogens with zero attached hydrogens (tertiary/aromatic N) is 3. The van der Waals surface area contributed by atoms with E-state index in [1.165, 1.54) is 16.3 Å². The van der Waals surface area contributed by atoms with Crippen LogP contribution in [0.1, 0.15) is 29.5 Å². The minimum Gasteiger partial charge on any atom is -0.326 e. The summed E-state index contributed by atoms with van der Waals surface area (Å²) in [7, 11) is 0. The zero-order valence-electron chi connectivity index (χ0n) is 16.4. The van der Waals surface area contributed by atoms with Gasteiger partial charge in [0.2, 0.25) is 5.91 Å². The third kappa shape index (κ3) is 4.71. The molecule has 0 spiro atoms. The second-order valence-electron chi connectivity index (χ2n) is 6.95. The van der Waals surface area contributed by atoms with Crippen molar-refractivity contribution >= 4 is 11.6 Å². The highest BCUT2D eigenvalue weighted by molar-refractivity contribution is 5.92. The lowest BCUT2D eigenvalue weighted by molar-refractivity contribution is -0.116. The van der Waals surface area contributed by atoms with Crippen LogP contribution in [0.3, 0.4) is 0 Å². The van der Waals surface area contributed by atoms with Crippen LogP contribution in [0.15, 0.2) is 53.6 Å². The smallest absolute Gasteiger partial charge is 0.266 e. The van der Waals surface area contributed by atoms with Gasteiger partial charge >= 0.3 is 0 Å². The van der Waals surface area contributed by atoms with Gasteiger partial charge in [0.1, 0.15) is 0 Å². The number of pyridine rings is 1. The number of carbonyl (C=O) groups excluding carboxylic acids is 1. The van der Waals surface area contributed by atoms with E-state index in [1.54, 1.807) is 18.5 Å². The Kier molecular flexibility index (Phi) is 5.99. The first-order chi connectivity index (χ1) is 13.4. The highest BCUT2D eigenvalue weighted by Gasteiger charge is 2.09. The molecule has 6 heteroatoms. The van der Waals surface area contributed by atoms with E-state index < -0.39 is 0 Å². The summed E-state index contributed by atoms with van der Waals surface area (Å²) < 4.78 is 1.40. The topological polar surface area (TPSA) is 76.9 Å². The van der Waals surface area contributed by atoms with Crippen molar-refractivity contribution in [2.24, 2.45) is 0 Å². The molecule has 1 N–H and O–H groups in total. The molecule has 0 aliphatic carbocycles. The standard InChI is InChI=1S/C22H24N4O2/c1-15-12-16(2)22(17(3)13-15)24-20(27)7-5-11-26-21(28)9-8-19(25-26)18-6-4-10-23-14-18/h4,6,8-10,12-14H,5,7,11H2,1-3H3,(H,24,27). The van der Waals surface area contributed by atoms with E-state index in [2.05, 4.69) is 27.5 Å². The van der Waals surface area contributed by atoms with Gasteiger partial charge in [-0.15, -0.1) is 0 Å². The number of nitrogens with one attached hydrogen (secondary N) is 1. The van der Waals surface area contributed by atoms with Crippen LogP contribution in [-0.4, -0.2) is 20.7 Å². The molecule has 0 radical (unpaired) electrons. The van der Waals surface area contributed by atoms with Crippen LogP contribution in [0.2, 0.25) is 0 Å². The van der Waals surface area contributed by atoms with E-state index in [0.717, 1.165) is 22.4 Å². The molecule has 3 rings (SSSR count). The molecule has 28 heavy (non-hydrogen) atoms. The van der Waals surface area contributed by atoms with Crippen LogP contribution in [0.25, 0.3) is 11.3 Å². The van der Waals surface area contributed by atoms with E-state index in [-0.39, 0.29) is 11.5 Å². The van der Waals surface area contributed by atoms with Crippen molar-refractivity contribution in [2.45, 2.75) is 40.2 Å². The molecular weight excluding hydrogens is 352 g/mol. The molecule has 1 amide bonds. The predicted octanol–water partition coefficient (Wildman–Crippen LogP) is 3.65. The molecule has 0 saturated heterocycles. The summed E-state index contributed by atoms with van der Waals surface area (Å²) in [4.78, 5) is 28.5. The summed E-state index contributed by atoms with van der Waals surface area (Å²) in [6.07, 6.45) is 4.24. The molecule has 0 saturated carbocycles. The summed E-state index contributed by atoms with van der Waals surface area (Å²) in [5, 5.41) is 7.38. The maximum absolute atomic E-state index is 12.3. The van der Waals surface area contributed by atoms with Crippen molar-refractivity contribution in [3.63, 3.8) is 0 Å². The van der Waals surface area contributed by atoms with E-state index in [9.17, 15) is 9.59 Å². The fourth-order valence-electron chi connectivity index (χ4n) is 3.25. The third-order valence-electron chi connectivity index (χ3n) is 4.54. The largest absolute Gasteiger partial charge is 0.326 e. The minimum absolute atomic E-state index is 0.0634. The van der Waals surface area contributed by atoms with Gasteiger partial charge in [-0.25, -0.2) is 4.68 Å². The Labute approximate surface area is 164 Å². The Bertz CT molecular complexity index is 1020. The molecule has 0 atom stereocenters. The van der Waals surface area contributed by atoms with Gasteiger partial charge < -0.3 is 5.32 Å². The SMILES string of the molecule is Cc1cc(C)c(NC(=O)CCCn2nc(-c3cccnc3)ccc2=O)c(C)c1. The van der Waals surface area contributed by atoms with E-state index in [0.29, 0.717) is 25.1 Å². The van der Waals surface area contributed by atoms with Crippen LogP contribution in [-0.2, 0) is 11.3 Å². The van der Waals surface area contributed by atoms with Crippen LogP contribution in [0, 0.1) is 20.8 Å². The number of anilines is 1. The highest BCUT2D eigenvalue weighted by Crippen LogP contribution is 2.22. The lowest BCUT2D eigenvalue weighted by Crippen LogP contribution is -2.23. The van der Waals surface area contributed by atoms with Gasteiger partial charge in [-0.05, 0) is 56.5 Å². The maximum Gasteiger partial charge on any atom is 0.266 e. The zero-order valence-corrected chi connectivity index (χ0v) is 16.4. The molecule has 3 aromatic rings. The van der Waals surface area contributed by atoms with Gasteiger partial charge in [0, 0.05) is 42.7 Å². The summed E-state index contributed by atoms with van der Waals surface area (Å²) in [5.74, 6) is -0.0634. The Balaban J connectivity index is 1.62. The first-order valence-electron chi connectivity index (χ1n) is 9.30. The number of carbonyl (C=O) groups is 1. The van der Waals surface area contributed by atoms with Crippen molar-refractivity contribution in [1.29, 1.82) is 0 Å². The van der Waals surface area contributed by atoms with Crippen molar-refractivity contribution in [1.82, 2.24) is 14.8 Å². The molecule has 0 fully saturated rings. The Hall–Kier alpha value is -3.28. The molecule has 0 aliphatic heterocycles. The molecule has 2 aromatic heterocycles. The van der Waals surface area contributed by atoms with E-state index >= 15 is 0 Å². The second kappa shape index (κ2) is 8.61. The average molecular weight is 376 g/mol. The van der Waals surface area contributed by atoms with Gasteiger partial charge in [-0.2, -0.15) is 5.10 Å². The number of aromatic nitrogens is 3. The van der Waals surface area contributed by atoms with E-state index in [4.69, 9.17) is 0 Å². The Morgan fingerprint density at radius 2 is 1.86 bits per heavy atom. The summed E-state index contributed by atoms with van der Waals surface area (Å²) in [5.41, 5.74) is 5.48. The molecule has 144 valence electrons. The first kappa shape index (κ1) is 19.5. The number of rotatable bonds is 6.